The van der Waals surface area contributed by atoms with Gasteiger partial charge in [0.1, 0.15) is 5.82 Å². The Labute approximate surface area is 194 Å². The van der Waals surface area contributed by atoms with Gasteiger partial charge < -0.3 is 9.64 Å². The van der Waals surface area contributed by atoms with Gasteiger partial charge in [0.2, 0.25) is 0 Å². The summed E-state index contributed by atoms with van der Waals surface area (Å²) in [4.78, 5) is 33.4. The molecule has 1 atom stereocenters. The lowest BCUT2D eigenvalue weighted by molar-refractivity contribution is -0.139. The van der Waals surface area contributed by atoms with Crippen LogP contribution in [0.1, 0.15) is 31.0 Å². The smallest absolute Gasteiger partial charge is 0.338 e. The molecule has 8 heteroatoms. The zero-order valence-corrected chi connectivity index (χ0v) is 19.6. The fraction of sp³-hybridized carbons (Fsp3) is 0.240. The van der Waals surface area contributed by atoms with Crippen LogP contribution >= 0.6 is 11.3 Å². The number of esters is 1. The Morgan fingerprint density at radius 2 is 1.97 bits per heavy atom. The van der Waals surface area contributed by atoms with E-state index in [4.69, 9.17) is 4.74 Å². The molecule has 0 N–H and O–H groups in total. The van der Waals surface area contributed by atoms with Crippen molar-refractivity contribution >= 4 is 29.1 Å². The molecule has 170 valence electrons. The Kier molecular flexibility index (Phi) is 6.29. The molecule has 0 radical (unpaired) electrons. The molecule has 0 aliphatic carbocycles. The number of rotatable bonds is 5. The average Bonchev–Trinajstić information content (AvgIpc) is 3.07. The number of allylic oxidation sites excluding steroid dienone is 1. The van der Waals surface area contributed by atoms with Crippen molar-refractivity contribution < 1.29 is 13.9 Å². The van der Waals surface area contributed by atoms with Crippen LogP contribution in [0.5, 0.6) is 0 Å². The molecule has 6 nitrogen and oxygen atoms in total. The quantitative estimate of drug-likeness (QED) is 0.544. The number of aromatic nitrogens is 1. The van der Waals surface area contributed by atoms with Gasteiger partial charge in [0.25, 0.3) is 5.56 Å². The highest BCUT2D eigenvalue weighted by Gasteiger charge is 2.33. The number of fused-ring (bicyclic) bond motifs is 1. The minimum atomic E-state index is -0.675. The van der Waals surface area contributed by atoms with Crippen LogP contribution in [0.2, 0.25) is 0 Å². The second-order valence-electron chi connectivity index (χ2n) is 7.84. The van der Waals surface area contributed by atoms with Gasteiger partial charge in [-0.25, -0.2) is 14.2 Å². The zero-order chi connectivity index (χ0) is 23.7. The van der Waals surface area contributed by atoms with Crippen molar-refractivity contribution in [1.29, 1.82) is 0 Å². The Bertz CT molecular complexity index is 1420. The molecule has 1 aliphatic rings. The van der Waals surface area contributed by atoms with E-state index in [9.17, 15) is 14.0 Å². The van der Waals surface area contributed by atoms with Crippen molar-refractivity contribution in [2.75, 3.05) is 25.6 Å². The Hall–Kier alpha value is -3.52. The number of ether oxygens (including phenoxy) is 1. The van der Waals surface area contributed by atoms with Gasteiger partial charge in [-0.1, -0.05) is 35.6 Å². The van der Waals surface area contributed by atoms with Crippen LogP contribution < -0.4 is 19.8 Å². The third kappa shape index (κ3) is 4.39. The van der Waals surface area contributed by atoms with E-state index in [0.717, 1.165) is 11.3 Å². The fourth-order valence-electron chi connectivity index (χ4n) is 3.81. The van der Waals surface area contributed by atoms with E-state index in [1.165, 1.54) is 28.0 Å². The van der Waals surface area contributed by atoms with E-state index in [1.807, 2.05) is 43.3 Å². The molecule has 2 aromatic carbocycles. The lowest BCUT2D eigenvalue weighted by Gasteiger charge is -2.25. The van der Waals surface area contributed by atoms with E-state index < -0.39 is 12.0 Å². The minimum absolute atomic E-state index is 0.214. The van der Waals surface area contributed by atoms with Gasteiger partial charge in [-0.3, -0.25) is 9.36 Å². The highest BCUT2D eigenvalue weighted by molar-refractivity contribution is 7.07. The standard InChI is InChI=1S/C25H24FN3O3S/c1-5-32-24(31)21-15(2)27-25-29(22(21)17-9-11-19(12-10-17)28(3)4)23(30)20(33-25)14-16-7-6-8-18(26)13-16/h6-14,22H,5H2,1-4H3/b20-14-/t22-/m0/s1. The average molecular weight is 466 g/mol. The predicted molar refractivity (Wildman–Crippen MR) is 128 cm³/mol. The third-order valence-electron chi connectivity index (χ3n) is 5.39. The molecular weight excluding hydrogens is 441 g/mol. The summed E-state index contributed by atoms with van der Waals surface area (Å²) in [5, 5.41) is 0. The Morgan fingerprint density at radius 3 is 2.61 bits per heavy atom. The van der Waals surface area contributed by atoms with Crippen LogP contribution in [0.3, 0.4) is 0 Å². The Balaban J connectivity index is 1.94. The topological polar surface area (TPSA) is 63.9 Å². The van der Waals surface area contributed by atoms with Crippen molar-refractivity contribution in [2.24, 2.45) is 4.99 Å². The van der Waals surface area contributed by atoms with E-state index in [2.05, 4.69) is 4.99 Å². The molecular formula is C25H24FN3O3S. The molecule has 1 aliphatic heterocycles. The molecule has 1 aromatic heterocycles. The minimum Gasteiger partial charge on any atom is -0.463 e. The molecule has 0 saturated carbocycles. The molecule has 0 saturated heterocycles. The second-order valence-corrected chi connectivity index (χ2v) is 8.85. The van der Waals surface area contributed by atoms with Gasteiger partial charge in [-0.2, -0.15) is 0 Å². The molecule has 0 spiro atoms. The van der Waals surface area contributed by atoms with Gasteiger partial charge >= 0.3 is 5.97 Å². The summed E-state index contributed by atoms with van der Waals surface area (Å²) < 4.78 is 20.9. The lowest BCUT2D eigenvalue weighted by Crippen LogP contribution is -2.39. The highest BCUT2D eigenvalue weighted by atomic mass is 32.1. The highest BCUT2D eigenvalue weighted by Crippen LogP contribution is 2.31. The molecule has 4 rings (SSSR count). The fourth-order valence-corrected chi connectivity index (χ4v) is 4.86. The van der Waals surface area contributed by atoms with Crippen LogP contribution in [0.15, 0.2) is 69.6 Å². The monoisotopic (exact) mass is 465 g/mol. The van der Waals surface area contributed by atoms with Crippen molar-refractivity contribution in [3.05, 3.63) is 96.4 Å². The van der Waals surface area contributed by atoms with E-state index in [0.29, 0.717) is 26.2 Å². The summed E-state index contributed by atoms with van der Waals surface area (Å²) in [6.45, 7) is 3.70. The number of halogens is 1. The van der Waals surface area contributed by atoms with Gasteiger partial charge in [0.05, 0.1) is 28.5 Å². The van der Waals surface area contributed by atoms with E-state index >= 15 is 0 Å². The van der Waals surface area contributed by atoms with Crippen molar-refractivity contribution in [3.8, 4) is 0 Å². The van der Waals surface area contributed by atoms with Gasteiger partial charge in [-0.15, -0.1) is 0 Å². The van der Waals surface area contributed by atoms with Gasteiger partial charge in [-0.05, 0) is 55.3 Å². The second kappa shape index (κ2) is 9.15. The molecule has 0 fully saturated rings. The third-order valence-corrected chi connectivity index (χ3v) is 6.37. The number of carbonyl (C=O) groups is 1. The number of anilines is 1. The maximum Gasteiger partial charge on any atom is 0.338 e. The number of nitrogens with zero attached hydrogens (tertiary/aromatic N) is 3. The number of thiazole rings is 1. The first-order valence-corrected chi connectivity index (χ1v) is 11.3. The first-order chi connectivity index (χ1) is 15.8. The SMILES string of the molecule is CCOC(=O)C1=C(C)N=c2s/c(=C\c3cccc(F)c3)c(=O)n2[C@H]1c1ccc(N(C)C)cc1. The normalized spacial score (nSPS) is 15.8. The molecule has 3 aromatic rings. The van der Waals surface area contributed by atoms with E-state index in [-0.39, 0.29) is 18.0 Å². The molecule has 0 bridgehead atoms. The predicted octanol–water partition coefficient (Wildman–Crippen LogP) is 3.00. The first-order valence-electron chi connectivity index (χ1n) is 10.5. The largest absolute Gasteiger partial charge is 0.463 e. The van der Waals surface area contributed by atoms with Crippen molar-refractivity contribution in [1.82, 2.24) is 4.57 Å². The number of hydrogen-bond acceptors (Lipinski definition) is 6. The van der Waals surface area contributed by atoms with Crippen molar-refractivity contribution in [2.45, 2.75) is 19.9 Å². The van der Waals surface area contributed by atoms with E-state index in [1.54, 1.807) is 32.1 Å². The van der Waals surface area contributed by atoms with Crippen LogP contribution in [0, 0.1) is 5.82 Å². The maximum atomic E-state index is 13.7. The van der Waals surface area contributed by atoms with Crippen LogP contribution in [-0.2, 0) is 9.53 Å². The summed E-state index contributed by atoms with van der Waals surface area (Å²) in [7, 11) is 3.89. The number of hydrogen-bond donors (Lipinski definition) is 0. The maximum absolute atomic E-state index is 13.7. The zero-order valence-electron chi connectivity index (χ0n) is 18.8. The number of carbonyl (C=O) groups excluding carboxylic acids is 1. The molecule has 33 heavy (non-hydrogen) atoms. The van der Waals surface area contributed by atoms with Crippen LogP contribution in [-0.4, -0.2) is 31.2 Å². The number of benzene rings is 2. The molecule has 0 unspecified atom stereocenters. The lowest BCUT2D eigenvalue weighted by atomic mass is 9.95. The van der Waals surface area contributed by atoms with Crippen LogP contribution in [0.25, 0.3) is 6.08 Å². The van der Waals surface area contributed by atoms with Crippen molar-refractivity contribution in [3.63, 3.8) is 0 Å². The Morgan fingerprint density at radius 1 is 1.24 bits per heavy atom. The molecule has 0 amide bonds. The summed E-state index contributed by atoms with van der Waals surface area (Å²) in [5.41, 5.74) is 2.90. The van der Waals surface area contributed by atoms with Gasteiger partial charge in [0, 0.05) is 19.8 Å². The summed E-state index contributed by atoms with van der Waals surface area (Å²) >= 11 is 1.21. The summed E-state index contributed by atoms with van der Waals surface area (Å²) in [5.74, 6) is -0.879. The van der Waals surface area contributed by atoms with Crippen LogP contribution in [0.4, 0.5) is 10.1 Å². The molecule has 2 heterocycles. The van der Waals surface area contributed by atoms with Gasteiger partial charge in [0.15, 0.2) is 4.80 Å². The summed E-state index contributed by atoms with van der Waals surface area (Å²) in [6, 6.07) is 13.1. The summed E-state index contributed by atoms with van der Waals surface area (Å²) in [6.07, 6.45) is 1.64. The first kappa shape index (κ1) is 22.7.